The Balaban J connectivity index is 1.71. The largest absolute Gasteiger partial charge is 0.468 e. The lowest BCUT2D eigenvalue weighted by Crippen LogP contribution is -2.34. The van der Waals surface area contributed by atoms with Crippen molar-refractivity contribution in [2.75, 3.05) is 18.4 Å². The second kappa shape index (κ2) is 11.5. The summed E-state index contributed by atoms with van der Waals surface area (Å²) in [7, 11) is -2.57. The second-order valence-electron chi connectivity index (χ2n) is 7.24. The summed E-state index contributed by atoms with van der Waals surface area (Å²) in [6.07, 6.45) is 2.88. The Morgan fingerprint density at radius 1 is 0.971 bits per heavy atom. The van der Waals surface area contributed by atoms with Crippen LogP contribution in [0.3, 0.4) is 0 Å². The van der Waals surface area contributed by atoms with Crippen molar-refractivity contribution >= 4 is 45.3 Å². The highest BCUT2D eigenvalue weighted by Gasteiger charge is 2.17. The number of nitrogens with one attached hydrogen (secondary N) is 1. The molecule has 0 fully saturated rings. The van der Waals surface area contributed by atoms with Crippen molar-refractivity contribution < 1.29 is 22.7 Å². The number of esters is 1. The van der Waals surface area contributed by atoms with E-state index in [9.17, 15) is 18.0 Å². The summed E-state index contributed by atoms with van der Waals surface area (Å²) in [6, 6.07) is 21.8. The van der Waals surface area contributed by atoms with Gasteiger partial charge in [0.15, 0.2) is 0 Å². The fraction of sp³-hybridized carbons (Fsp3) is 0.120. The summed E-state index contributed by atoms with van der Waals surface area (Å²) in [5, 5.41) is 0.288. The first-order valence-electron chi connectivity index (χ1n) is 10.2. The third kappa shape index (κ3) is 6.94. The van der Waals surface area contributed by atoms with Gasteiger partial charge < -0.3 is 9.64 Å². The third-order valence-corrected chi connectivity index (χ3v) is 6.51. The lowest BCUT2D eigenvalue weighted by molar-refractivity contribution is -0.145. The minimum absolute atomic E-state index is 0.0484. The number of anilines is 1. The molecule has 7 nitrogen and oxygen atoms in total. The molecule has 176 valence electrons. The number of methoxy groups -OCH3 is 1. The molecule has 0 aromatic heterocycles. The number of carbonyl (C=O) groups is 2. The van der Waals surface area contributed by atoms with Crippen molar-refractivity contribution in [2.24, 2.45) is 0 Å². The molecule has 0 aliphatic rings. The van der Waals surface area contributed by atoms with E-state index < -0.39 is 16.0 Å². The molecule has 0 atom stereocenters. The number of para-hydroxylation sites is 1. The van der Waals surface area contributed by atoms with Gasteiger partial charge in [0, 0.05) is 12.6 Å². The van der Waals surface area contributed by atoms with E-state index in [1.807, 2.05) is 30.3 Å². The average Bonchev–Trinajstić information content (AvgIpc) is 2.84. The van der Waals surface area contributed by atoms with Crippen molar-refractivity contribution in [3.8, 4) is 0 Å². The van der Waals surface area contributed by atoms with Gasteiger partial charge in [0.2, 0.25) is 5.91 Å². The molecular weight excluding hydrogens is 476 g/mol. The highest BCUT2D eigenvalue weighted by molar-refractivity contribution is 7.92. The highest BCUT2D eigenvalue weighted by Crippen LogP contribution is 2.24. The summed E-state index contributed by atoms with van der Waals surface area (Å²) in [5.74, 6) is -0.912. The van der Waals surface area contributed by atoms with E-state index in [1.165, 1.54) is 30.2 Å². The Labute approximate surface area is 203 Å². The van der Waals surface area contributed by atoms with Crippen LogP contribution in [0.2, 0.25) is 5.02 Å². The number of hydrogen-bond donors (Lipinski definition) is 1. The summed E-state index contributed by atoms with van der Waals surface area (Å²) < 4.78 is 32.4. The van der Waals surface area contributed by atoms with Gasteiger partial charge in [0.1, 0.15) is 6.54 Å². The number of nitrogens with zero attached hydrogens (tertiary/aromatic N) is 1. The fourth-order valence-corrected chi connectivity index (χ4v) is 4.33. The summed E-state index contributed by atoms with van der Waals surface area (Å²) >= 11 is 6.03. The van der Waals surface area contributed by atoms with Crippen LogP contribution < -0.4 is 4.72 Å². The average molecular weight is 499 g/mol. The minimum Gasteiger partial charge on any atom is -0.468 e. The molecule has 0 saturated heterocycles. The van der Waals surface area contributed by atoms with Crippen LogP contribution >= 0.6 is 11.6 Å². The van der Waals surface area contributed by atoms with E-state index in [1.54, 1.807) is 42.5 Å². The molecule has 3 aromatic rings. The van der Waals surface area contributed by atoms with E-state index in [2.05, 4.69) is 4.72 Å². The number of halogens is 1. The van der Waals surface area contributed by atoms with E-state index in [4.69, 9.17) is 16.3 Å². The Bertz CT molecular complexity index is 1280. The van der Waals surface area contributed by atoms with Crippen LogP contribution in [0.15, 0.2) is 89.8 Å². The van der Waals surface area contributed by atoms with Gasteiger partial charge in [-0.2, -0.15) is 0 Å². The van der Waals surface area contributed by atoms with Crippen molar-refractivity contribution in [3.63, 3.8) is 0 Å². The van der Waals surface area contributed by atoms with Gasteiger partial charge in [-0.25, -0.2) is 8.42 Å². The smallest absolute Gasteiger partial charge is 0.325 e. The van der Waals surface area contributed by atoms with Crippen LogP contribution in [0.5, 0.6) is 0 Å². The molecule has 34 heavy (non-hydrogen) atoms. The normalized spacial score (nSPS) is 11.2. The lowest BCUT2D eigenvalue weighted by Gasteiger charge is -2.20. The standard InChI is InChI=1S/C25H23ClN2O5S/c1-33-25(30)18-28(17-20-7-3-2-4-8-20)24(29)16-13-19-11-14-21(15-12-19)34(31,32)27-23-10-6-5-9-22(23)26/h2-16,27H,17-18H2,1H3. The first-order valence-corrected chi connectivity index (χ1v) is 12.1. The number of hydrogen-bond acceptors (Lipinski definition) is 5. The Morgan fingerprint density at radius 3 is 2.26 bits per heavy atom. The number of ether oxygens (including phenoxy) is 1. The zero-order valence-electron chi connectivity index (χ0n) is 18.3. The molecule has 3 aromatic carbocycles. The predicted octanol–water partition coefficient (Wildman–Crippen LogP) is 4.36. The Hall–Kier alpha value is -3.62. The second-order valence-corrected chi connectivity index (χ2v) is 9.33. The van der Waals surface area contributed by atoms with E-state index in [-0.39, 0.29) is 34.6 Å². The van der Waals surface area contributed by atoms with Gasteiger partial charge in [0.25, 0.3) is 10.0 Å². The monoisotopic (exact) mass is 498 g/mol. The van der Waals surface area contributed by atoms with Gasteiger partial charge in [-0.15, -0.1) is 0 Å². The van der Waals surface area contributed by atoms with Crippen LogP contribution in [0.4, 0.5) is 5.69 Å². The summed E-state index contributed by atoms with van der Waals surface area (Å²) in [4.78, 5) is 25.9. The van der Waals surface area contributed by atoms with Crippen LogP contribution in [-0.2, 0) is 30.9 Å². The van der Waals surface area contributed by atoms with Crippen molar-refractivity contribution in [1.82, 2.24) is 4.90 Å². The maximum atomic E-state index is 12.7. The maximum absolute atomic E-state index is 12.7. The van der Waals surface area contributed by atoms with Crippen LogP contribution in [0, 0.1) is 0 Å². The minimum atomic E-state index is -3.83. The predicted molar refractivity (Wildman–Crippen MR) is 132 cm³/mol. The van der Waals surface area contributed by atoms with Crippen LogP contribution in [0.25, 0.3) is 6.08 Å². The summed E-state index contributed by atoms with van der Waals surface area (Å²) in [6.45, 7) is 0.0451. The molecule has 0 radical (unpaired) electrons. The van der Waals surface area contributed by atoms with Crippen LogP contribution in [0.1, 0.15) is 11.1 Å². The molecule has 0 bridgehead atoms. The van der Waals surface area contributed by atoms with Gasteiger partial charge in [-0.1, -0.05) is 66.2 Å². The molecule has 9 heteroatoms. The molecule has 1 N–H and O–H groups in total. The topological polar surface area (TPSA) is 92.8 Å². The van der Waals surface area contributed by atoms with Crippen molar-refractivity contribution in [1.29, 1.82) is 0 Å². The van der Waals surface area contributed by atoms with Crippen LogP contribution in [-0.4, -0.2) is 38.8 Å². The molecule has 0 unspecified atom stereocenters. The van der Waals surface area contributed by atoms with Gasteiger partial charge in [-0.3, -0.25) is 14.3 Å². The van der Waals surface area contributed by atoms with E-state index in [0.29, 0.717) is 5.56 Å². The number of amides is 1. The molecule has 0 saturated carbocycles. The maximum Gasteiger partial charge on any atom is 0.325 e. The fourth-order valence-electron chi connectivity index (χ4n) is 3.01. The quantitative estimate of drug-likeness (QED) is 0.349. The molecule has 1 amide bonds. The SMILES string of the molecule is COC(=O)CN(Cc1ccccc1)C(=O)C=Cc1ccc(S(=O)(=O)Nc2ccccc2Cl)cc1. The first kappa shape index (κ1) is 25.0. The Kier molecular flexibility index (Phi) is 8.45. The Morgan fingerprint density at radius 2 is 1.62 bits per heavy atom. The number of carbonyl (C=O) groups excluding carboxylic acids is 2. The number of benzene rings is 3. The van der Waals surface area contributed by atoms with Gasteiger partial charge >= 0.3 is 5.97 Å². The molecule has 0 spiro atoms. The van der Waals surface area contributed by atoms with Gasteiger partial charge in [0.05, 0.1) is 22.7 Å². The van der Waals surface area contributed by atoms with Gasteiger partial charge in [-0.05, 0) is 41.5 Å². The number of sulfonamides is 1. The first-order chi connectivity index (χ1) is 16.3. The molecular formula is C25H23ClN2O5S. The summed E-state index contributed by atoms with van der Waals surface area (Å²) in [5.41, 5.74) is 1.76. The third-order valence-electron chi connectivity index (χ3n) is 4.80. The number of rotatable bonds is 9. The van der Waals surface area contributed by atoms with E-state index in [0.717, 1.165) is 5.56 Å². The van der Waals surface area contributed by atoms with Crippen molar-refractivity contribution in [2.45, 2.75) is 11.4 Å². The zero-order chi connectivity index (χ0) is 24.6. The molecule has 0 heterocycles. The van der Waals surface area contributed by atoms with Crippen molar-refractivity contribution in [3.05, 3.63) is 101 Å². The molecule has 0 aliphatic heterocycles. The zero-order valence-corrected chi connectivity index (χ0v) is 19.9. The molecule has 0 aliphatic carbocycles. The molecule has 3 rings (SSSR count). The van der Waals surface area contributed by atoms with E-state index >= 15 is 0 Å². The highest BCUT2D eigenvalue weighted by atomic mass is 35.5. The lowest BCUT2D eigenvalue weighted by atomic mass is 10.2.